The van der Waals surface area contributed by atoms with E-state index in [2.05, 4.69) is 23.8 Å². The number of nitrogens with zero attached hydrogens (tertiary/aromatic N) is 1. The Kier molecular flexibility index (Phi) is 20.9. The number of rotatable bonds is 21. The van der Waals surface area contributed by atoms with Crippen molar-refractivity contribution in [2.24, 2.45) is 0 Å². The summed E-state index contributed by atoms with van der Waals surface area (Å²) in [6, 6.07) is 0. The van der Waals surface area contributed by atoms with Gasteiger partial charge in [-0.1, -0.05) is 70.4 Å². The molecule has 5 nitrogen and oxygen atoms in total. The Hall–Kier alpha value is -1.36. The first-order chi connectivity index (χ1) is 13.7. The predicted octanol–water partition coefficient (Wildman–Crippen LogP) is 5.63. The summed E-state index contributed by atoms with van der Waals surface area (Å²) in [5, 5.41) is 0. The lowest BCUT2D eigenvalue weighted by molar-refractivity contribution is -0.145. The highest BCUT2D eigenvalue weighted by atomic mass is 16.5. The van der Waals surface area contributed by atoms with Crippen molar-refractivity contribution in [1.29, 1.82) is 0 Å². The molecule has 0 aromatic carbocycles. The number of ether oxygens (including phenoxy) is 2. The molecular formula is C23H43NO4. The van der Waals surface area contributed by atoms with Gasteiger partial charge in [0.1, 0.15) is 13.3 Å². The maximum atomic E-state index is 11.6. The predicted molar refractivity (Wildman–Crippen MR) is 115 cm³/mol. The number of hydrogen-bond acceptors (Lipinski definition) is 5. The molecule has 0 rings (SSSR count). The van der Waals surface area contributed by atoms with Gasteiger partial charge in [0.2, 0.25) is 0 Å². The molecule has 0 saturated heterocycles. The summed E-state index contributed by atoms with van der Waals surface area (Å²) < 4.78 is 9.79. The zero-order valence-corrected chi connectivity index (χ0v) is 18.3. The summed E-state index contributed by atoms with van der Waals surface area (Å²) in [6.45, 7) is 3.79. The van der Waals surface area contributed by atoms with Crippen molar-refractivity contribution in [3.8, 4) is 0 Å². The molecule has 0 spiro atoms. The molecule has 0 aromatic rings. The van der Waals surface area contributed by atoms with Crippen molar-refractivity contribution >= 4 is 12.4 Å². The average molecular weight is 398 g/mol. The maximum absolute atomic E-state index is 11.6. The van der Waals surface area contributed by atoms with Crippen molar-refractivity contribution in [1.82, 2.24) is 4.90 Å². The molecule has 0 saturated carbocycles. The summed E-state index contributed by atoms with van der Waals surface area (Å²) in [5.74, 6) is -0.137. The monoisotopic (exact) mass is 397 g/mol. The number of hydrogen-bond donors (Lipinski definition) is 0. The zero-order chi connectivity index (χ0) is 20.7. The lowest BCUT2D eigenvalue weighted by Gasteiger charge is -2.14. The lowest BCUT2D eigenvalue weighted by Crippen LogP contribution is -2.26. The lowest BCUT2D eigenvalue weighted by atomic mass is 10.1. The molecule has 0 heterocycles. The molecule has 0 unspecified atom stereocenters. The van der Waals surface area contributed by atoms with E-state index in [1.54, 1.807) is 11.9 Å². The largest absolute Gasteiger partial charge is 0.464 e. The van der Waals surface area contributed by atoms with Crippen LogP contribution in [0.25, 0.3) is 0 Å². The van der Waals surface area contributed by atoms with Gasteiger partial charge in [0.05, 0.1) is 0 Å². The van der Waals surface area contributed by atoms with E-state index < -0.39 is 0 Å². The van der Waals surface area contributed by atoms with Crippen molar-refractivity contribution in [2.45, 2.75) is 96.8 Å². The number of esters is 1. The molecule has 5 heteroatoms. The van der Waals surface area contributed by atoms with Gasteiger partial charge >= 0.3 is 5.97 Å². The molecular weight excluding hydrogens is 354 g/mol. The van der Waals surface area contributed by atoms with Crippen molar-refractivity contribution in [2.75, 3.05) is 26.9 Å². The number of carbonyl (C=O) groups is 2. The minimum Gasteiger partial charge on any atom is -0.464 e. The van der Waals surface area contributed by atoms with E-state index in [1.807, 2.05) is 0 Å². The van der Waals surface area contributed by atoms with Crippen LogP contribution in [0.3, 0.4) is 0 Å². The SMILES string of the molecule is CCCCCCCC/C=C\CCCCCCCC(=O)OCCN(C)COC=O. The fourth-order valence-electron chi connectivity index (χ4n) is 2.95. The summed E-state index contributed by atoms with van der Waals surface area (Å²) in [6.07, 6.45) is 21.4. The van der Waals surface area contributed by atoms with Crippen LogP contribution in [-0.2, 0) is 19.1 Å². The van der Waals surface area contributed by atoms with E-state index in [4.69, 9.17) is 4.74 Å². The molecule has 0 amide bonds. The first-order valence-electron chi connectivity index (χ1n) is 11.2. The van der Waals surface area contributed by atoms with E-state index in [9.17, 15) is 9.59 Å². The second-order valence-corrected chi connectivity index (χ2v) is 7.53. The number of likely N-dealkylation sites (N-methyl/N-ethyl adjacent to an activating group) is 1. The molecule has 0 aliphatic rings. The first kappa shape index (κ1) is 26.6. The molecule has 0 aliphatic heterocycles. The number of carbonyl (C=O) groups excluding carboxylic acids is 2. The summed E-state index contributed by atoms with van der Waals surface area (Å²) in [7, 11) is 1.81. The van der Waals surface area contributed by atoms with Gasteiger partial charge in [-0.3, -0.25) is 14.5 Å². The van der Waals surface area contributed by atoms with Crippen LogP contribution in [-0.4, -0.2) is 44.3 Å². The Labute approximate surface area is 172 Å². The molecule has 0 atom stereocenters. The maximum Gasteiger partial charge on any atom is 0.305 e. The third-order valence-corrected chi connectivity index (χ3v) is 4.74. The Morgan fingerprint density at radius 1 is 0.857 bits per heavy atom. The molecule has 0 aromatic heterocycles. The van der Waals surface area contributed by atoms with E-state index in [1.165, 1.54) is 70.6 Å². The minimum absolute atomic E-state index is 0.137. The summed E-state index contributed by atoms with van der Waals surface area (Å²) in [4.78, 5) is 23.5. The van der Waals surface area contributed by atoms with Crippen LogP contribution in [0, 0.1) is 0 Å². The third kappa shape index (κ3) is 20.9. The molecule has 0 radical (unpaired) electrons. The van der Waals surface area contributed by atoms with E-state index in [0.717, 1.165) is 12.8 Å². The topological polar surface area (TPSA) is 55.8 Å². The van der Waals surface area contributed by atoms with Gasteiger partial charge in [-0.05, 0) is 39.2 Å². The molecule has 0 fully saturated rings. The van der Waals surface area contributed by atoms with Crippen LogP contribution in [0.15, 0.2) is 12.2 Å². The van der Waals surface area contributed by atoms with Gasteiger partial charge in [-0.2, -0.15) is 0 Å². The van der Waals surface area contributed by atoms with Gasteiger partial charge in [0.15, 0.2) is 0 Å². The molecule has 0 bridgehead atoms. The average Bonchev–Trinajstić information content (AvgIpc) is 2.69. The van der Waals surface area contributed by atoms with Crippen LogP contribution in [0.1, 0.15) is 96.8 Å². The van der Waals surface area contributed by atoms with Gasteiger partial charge in [0, 0.05) is 13.0 Å². The van der Waals surface area contributed by atoms with Crippen LogP contribution in [0.4, 0.5) is 0 Å². The highest BCUT2D eigenvalue weighted by Crippen LogP contribution is 2.10. The van der Waals surface area contributed by atoms with Crippen molar-refractivity contribution in [3.63, 3.8) is 0 Å². The van der Waals surface area contributed by atoms with E-state index >= 15 is 0 Å². The number of unbranched alkanes of at least 4 members (excludes halogenated alkanes) is 11. The standard InChI is InChI=1S/C23H43NO4/c1-3-4-5-6-7-8-9-10-11-12-13-14-15-16-17-18-23(26)28-20-19-24(2)21-27-22-25/h10-11,22H,3-9,12-21H2,1-2H3/b11-10-. The highest BCUT2D eigenvalue weighted by Gasteiger charge is 2.04. The quantitative estimate of drug-likeness (QED) is 0.0826. The normalized spacial score (nSPS) is 11.2. The van der Waals surface area contributed by atoms with Crippen LogP contribution in [0.2, 0.25) is 0 Å². The van der Waals surface area contributed by atoms with Crippen LogP contribution < -0.4 is 0 Å². The van der Waals surface area contributed by atoms with Crippen LogP contribution >= 0.6 is 0 Å². The Bertz CT molecular complexity index is 385. The molecule has 28 heavy (non-hydrogen) atoms. The molecule has 164 valence electrons. The highest BCUT2D eigenvalue weighted by molar-refractivity contribution is 5.69. The van der Waals surface area contributed by atoms with Crippen molar-refractivity contribution in [3.05, 3.63) is 12.2 Å². The Morgan fingerprint density at radius 3 is 2.04 bits per heavy atom. The molecule has 0 N–H and O–H groups in total. The zero-order valence-electron chi connectivity index (χ0n) is 18.3. The fourth-order valence-corrected chi connectivity index (χ4v) is 2.95. The van der Waals surface area contributed by atoms with Crippen LogP contribution in [0.5, 0.6) is 0 Å². The third-order valence-electron chi connectivity index (χ3n) is 4.74. The van der Waals surface area contributed by atoms with E-state index in [0.29, 0.717) is 26.0 Å². The van der Waals surface area contributed by atoms with Gasteiger partial charge in [-0.25, -0.2) is 0 Å². The summed E-state index contributed by atoms with van der Waals surface area (Å²) in [5.41, 5.74) is 0. The second-order valence-electron chi connectivity index (χ2n) is 7.53. The molecule has 0 aliphatic carbocycles. The second kappa shape index (κ2) is 21.9. The summed E-state index contributed by atoms with van der Waals surface area (Å²) >= 11 is 0. The van der Waals surface area contributed by atoms with Gasteiger partial charge < -0.3 is 9.47 Å². The smallest absolute Gasteiger partial charge is 0.305 e. The minimum atomic E-state index is -0.137. The van der Waals surface area contributed by atoms with Crippen molar-refractivity contribution < 1.29 is 19.1 Å². The fraction of sp³-hybridized carbons (Fsp3) is 0.826. The van der Waals surface area contributed by atoms with Gasteiger partial charge in [0.25, 0.3) is 6.47 Å². The first-order valence-corrected chi connectivity index (χ1v) is 11.2. The number of allylic oxidation sites excluding steroid dienone is 2. The van der Waals surface area contributed by atoms with Gasteiger partial charge in [-0.15, -0.1) is 0 Å². The Balaban J connectivity index is 3.28. The van der Waals surface area contributed by atoms with E-state index in [-0.39, 0.29) is 12.7 Å². The Morgan fingerprint density at radius 2 is 1.43 bits per heavy atom.